The van der Waals surface area contributed by atoms with Crippen LogP contribution in [0.3, 0.4) is 0 Å². The number of pyridine rings is 1. The molecular formula is C15H12ClN3O. The summed E-state index contributed by atoms with van der Waals surface area (Å²) in [5.41, 5.74) is 1.70. The van der Waals surface area contributed by atoms with Gasteiger partial charge in [-0.15, -0.1) is 0 Å². The molecule has 0 spiro atoms. The van der Waals surface area contributed by atoms with Gasteiger partial charge in [0, 0.05) is 23.3 Å². The van der Waals surface area contributed by atoms with Crippen molar-refractivity contribution in [1.82, 2.24) is 14.5 Å². The molecule has 2 aromatic heterocycles. The number of aryl methyl sites for hydroxylation is 1. The van der Waals surface area contributed by atoms with Gasteiger partial charge in [0.25, 0.3) is 0 Å². The fraction of sp³-hybridized carbons (Fsp3) is 0.133. The summed E-state index contributed by atoms with van der Waals surface area (Å²) in [5, 5.41) is 1.12. The van der Waals surface area contributed by atoms with E-state index in [9.17, 15) is 4.79 Å². The standard InChI is InChI=1S/C15H12ClN3O/c1-10-8-14(16)18-15(17-10)9-19-7-6-13(20)11-4-2-3-5-12(11)19/h2-8H,9H2,1H3. The smallest absolute Gasteiger partial charge is 0.189 e. The third kappa shape index (κ3) is 2.42. The molecule has 0 aliphatic heterocycles. The summed E-state index contributed by atoms with van der Waals surface area (Å²) < 4.78 is 1.95. The quantitative estimate of drug-likeness (QED) is 0.680. The van der Waals surface area contributed by atoms with Crippen LogP contribution < -0.4 is 5.43 Å². The van der Waals surface area contributed by atoms with Crippen LogP contribution in [0.15, 0.2) is 47.4 Å². The average Bonchev–Trinajstić information content (AvgIpc) is 2.41. The van der Waals surface area contributed by atoms with Gasteiger partial charge in [0.05, 0.1) is 12.1 Å². The monoisotopic (exact) mass is 285 g/mol. The Bertz CT molecular complexity index is 822. The first-order valence-corrected chi connectivity index (χ1v) is 6.59. The summed E-state index contributed by atoms with van der Waals surface area (Å²) in [7, 11) is 0. The van der Waals surface area contributed by atoms with Crippen molar-refractivity contribution in [3.8, 4) is 0 Å². The lowest BCUT2D eigenvalue weighted by Crippen LogP contribution is -2.10. The molecule has 0 aliphatic carbocycles. The fourth-order valence-electron chi connectivity index (χ4n) is 2.21. The molecule has 100 valence electrons. The number of benzene rings is 1. The summed E-state index contributed by atoms with van der Waals surface area (Å²) in [5.74, 6) is 0.629. The minimum absolute atomic E-state index is 0.0139. The van der Waals surface area contributed by atoms with Crippen molar-refractivity contribution in [3.63, 3.8) is 0 Å². The van der Waals surface area contributed by atoms with E-state index < -0.39 is 0 Å². The minimum Gasteiger partial charge on any atom is -0.340 e. The molecule has 0 radical (unpaired) electrons. The number of halogens is 1. The van der Waals surface area contributed by atoms with Crippen molar-refractivity contribution < 1.29 is 0 Å². The van der Waals surface area contributed by atoms with E-state index in [2.05, 4.69) is 9.97 Å². The molecule has 0 aliphatic rings. The van der Waals surface area contributed by atoms with Crippen molar-refractivity contribution >= 4 is 22.5 Å². The summed E-state index contributed by atoms with van der Waals surface area (Å²) in [4.78, 5) is 20.4. The Morgan fingerprint density at radius 3 is 2.80 bits per heavy atom. The van der Waals surface area contributed by atoms with Crippen LogP contribution in [0.4, 0.5) is 0 Å². The Balaban J connectivity index is 2.11. The second kappa shape index (κ2) is 5.06. The third-order valence-corrected chi connectivity index (χ3v) is 3.26. The normalized spacial score (nSPS) is 10.9. The molecule has 0 N–H and O–H groups in total. The van der Waals surface area contributed by atoms with Gasteiger partial charge in [-0.1, -0.05) is 23.7 Å². The van der Waals surface area contributed by atoms with Crippen molar-refractivity contribution in [1.29, 1.82) is 0 Å². The molecule has 0 amide bonds. The van der Waals surface area contributed by atoms with Crippen LogP contribution in [-0.2, 0) is 6.54 Å². The Hall–Kier alpha value is -2.20. The zero-order valence-electron chi connectivity index (χ0n) is 10.9. The molecule has 0 saturated carbocycles. The van der Waals surface area contributed by atoms with Gasteiger partial charge in [0.15, 0.2) is 5.43 Å². The van der Waals surface area contributed by atoms with E-state index in [1.54, 1.807) is 18.3 Å². The Kier molecular flexibility index (Phi) is 3.24. The molecular weight excluding hydrogens is 274 g/mol. The first-order valence-electron chi connectivity index (χ1n) is 6.22. The predicted molar refractivity (Wildman–Crippen MR) is 79.1 cm³/mol. The van der Waals surface area contributed by atoms with Gasteiger partial charge in [-0.3, -0.25) is 4.79 Å². The maximum atomic E-state index is 11.8. The minimum atomic E-state index is 0.0139. The van der Waals surface area contributed by atoms with E-state index in [0.29, 0.717) is 22.9 Å². The molecule has 0 atom stereocenters. The van der Waals surface area contributed by atoms with Gasteiger partial charge in [0.2, 0.25) is 0 Å². The summed E-state index contributed by atoms with van der Waals surface area (Å²) in [6, 6.07) is 10.8. The molecule has 3 aromatic rings. The Morgan fingerprint density at radius 2 is 2.00 bits per heavy atom. The molecule has 20 heavy (non-hydrogen) atoms. The first-order chi connectivity index (χ1) is 9.63. The number of hydrogen-bond acceptors (Lipinski definition) is 3. The zero-order valence-corrected chi connectivity index (χ0v) is 11.6. The van der Waals surface area contributed by atoms with Crippen LogP contribution in [0, 0.1) is 6.92 Å². The molecule has 1 aromatic carbocycles. The number of hydrogen-bond donors (Lipinski definition) is 0. The first kappa shape index (κ1) is 12.8. The molecule has 2 heterocycles. The summed E-state index contributed by atoms with van der Waals surface area (Å²) in [6.07, 6.45) is 1.75. The maximum absolute atomic E-state index is 11.8. The van der Waals surface area contributed by atoms with Crippen LogP contribution in [0.25, 0.3) is 10.9 Å². The van der Waals surface area contributed by atoms with Gasteiger partial charge in [0.1, 0.15) is 11.0 Å². The van der Waals surface area contributed by atoms with Crippen molar-refractivity contribution in [2.24, 2.45) is 0 Å². The van der Waals surface area contributed by atoms with Gasteiger partial charge in [-0.25, -0.2) is 9.97 Å². The van der Waals surface area contributed by atoms with Crippen LogP contribution in [0.1, 0.15) is 11.5 Å². The van der Waals surface area contributed by atoms with E-state index in [1.165, 1.54) is 0 Å². The highest BCUT2D eigenvalue weighted by Gasteiger charge is 2.05. The van der Waals surface area contributed by atoms with Gasteiger partial charge in [-0.05, 0) is 25.1 Å². The lowest BCUT2D eigenvalue weighted by atomic mass is 10.2. The number of nitrogens with zero attached hydrogens (tertiary/aromatic N) is 3. The highest BCUT2D eigenvalue weighted by Crippen LogP contribution is 2.12. The van der Waals surface area contributed by atoms with E-state index in [4.69, 9.17) is 11.6 Å². The van der Waals surface area contributed by atoms with Gasteiger partial charge in [-0.2, -0.15) is 0 Å². The van der Waals surface area contributed by atoms with E-state index in [1.807, 2.05) is 35.8 Å². The third-order valence-electron chi connectivity index (χ3n) is 3.07. The topological polar surface area (TPSA) is 47.8 Å². The lowest BCUT2D eigenvalue weighted by molar-refractivity contribution is 0.758. The zero-order chi connectivity index (χ0) is 14.1. The summed E-state index contributed by atoms with van der Waals surface area (Å²) >= 11 is 5.95. The summed E-state index contributed by atoms with van der Waals surface area (Å²) in [6.45, 7) is 2.35. The molecule has 5 heteroatoms. The van der Waals surface area contributed by atoms with Gasteiger partial charge < -0.3 is 4.57 Å². The molecule has 0 unspecified atom stereocenters. The molecule has 3 rings (SSSR count). The molecule has 0 bridgehead atoms. The maximum Gasteiger partial charge on any atom is 0.189 e. The highest BCUT2D eigenvalue weighted by molar-refractivity contribution is 6.29. The average molecular weight is 286 g/mol. The predicted octanol–water partition coefficient (Wildman–Crippen LogP) is 2.80. The molecule has 0 saturated heterocycles. The van der Waals surface area contributed by atoms with Crippen LogP contribution in [0.5, 0.6) is 0 Å². The Morgan fingerprint density at radius 1 is 1.20 bits per heavy atom. The van der Waals surface area contributed by atoms with E-state index in [0.717, 1.165) is 11.2 Å². The van der Waals surface area contributed by atoms with Crippen molar-refractivity contribution in [3.05, 3.63) is 69.5 Å². The number of aromatic nitrogens is 3. The fourth-order valence-corrected chi connectivity index (χ4v) is 2.47. The van der Waals surface area contributed by atoms with Crippen LogP contribution in [-0.4, -0.2) is 14.5 Å². The molecule has 0 fully saturated rings. The second-order valence-electron chi connectivity index (χ2n) is 4.57. The number of para-hydroxylation sites is 1. The molecule has 4 nitrogen and oxygen atoms in total. The van der Waals surface area contributed by atoms with Gasteiger partial charge >= 0.3 is 0 Å². The van der Waals surface area contributed by atoms with Crippen molar-refractivity contribution in [2.45, 2.75) is 13.5 Å². The highest BCUT2D eigenvalue weighted by atomic mass is 35.5. The largest absolute Gasteiger partial charge is 0.340 e. The number of fused-ring (bicyclic) bond motifs is 1. The lowest BCUT2D eigenvalue weighted by Gasteiger charge is -2.10. The van der Waals surface area contributed by atoms with Crippen molar-refractivity contribution in [2.75, 3.05) is 0 Å². The van der Waals surface area contributed by atoms with E-state index >= 15 is 0 Å². The van der Waals surface area contributed by atoms with Crippen LogP contribution in [0.2, 0.25) is 5.15 Å². The second-order valence-corrected chi connectivity index (χ2v) is 4.96. The SMILES string of the molecule is Cc1cc(Cl)nc(Cn2ccc(=O)c3ccccc32)n1. The number of rotatable bonds is 2. The van der Waals surface area contributed by atoms with Crippen LogP contribution >= 0.6 is 11.6 Å². The Labute approximate surface area is 120 Å². The van der Waals surface area contributed by atoms with E-state index in [-0.39, 0.29) is 5.43 Å².